The van der Waals surface area contributed by atoms with Crippen molar-refractivity contribution in [1.82, 2.24) is 4.90 Å². The van der Waals surface area contributed by atoms with Gasteiger partial charge in [-0.1, -0.05) is 18.2 Å². The first kappa shape index (κ1) is 23.4. The molecule has 2 aliphatic rings. The summed E-state index contributed by atoms with van der Waals surface area (Å²) in [7, 11) is 0. The molecule has 0 unspecified atom stereocenters. The van der Waals surface area contributed by atoms with Gasteiger partial charge < -0.3 is 9.80 Å². The van der Waals surface area contributed by atoms with Crippen molar-refractivity contribution in [2.45, 2.75) is 65.0 Å². The van der Waals surface area contributed by atoms with E-state index in [4.69, 9.17) is 18.8 Å². The van der Waals surface area contributed by atoms with Crippen LogP contribution in [-0.2, 0) is 4.79 Å². The minimum absolute atomic E-state index is 0.0624. The first-order valence-electron chi connectivity index (χ1n) is 11.7. The molecule has 0 radical (unpaired) electrons. The molecule has 0 aromatic heterocycles. The molecule has 2 aromatic carbocycles. The maximum absolute atomic E-state index is 13.4. The molecule has 0 aliphatic carbocycles. The molecule has 2 heterocycles. The molecule has 5 nitrogen and oxygen atoms in total. The van der Waals surface area contributed by atoms with E-state index in [1.807, 2.05) is 31.7 Å². The lowest BCUT2D eigenvalue weighted by atomic mass is 9.89. The topological polar surface area (TPSA) is 31.2 Å². The number of hydrogen-bond donors (Lipinski definition) is 0. The SMILES string of the molecule is [C-]#[N+]c1ccc(N2C(=O)C(C)(C)N(c3ccc(C4CCN(C(C)C)CC4)cc3)C2=S)cc1C. The van der Waals surface area contributed by atoms with Crippen molar-refractivity contribution in [3.05, 3.63) is 65.0 Å². The molecule has 2 fully saturated rings. The minimum atomic E-state index is -0.798. The molecule has 33 heavy (non-hydrogen) atoms. The summed E-state index contributed by atoms with van der Waals surface area (Å²) in [4.78, 5) is 23.0. The average Bonchev–Trinajstić information content (AvgIpc) is 2.97. The Morgan fingerprint density at radius 3 is 2.21 bits per heavy atom. The van der Waals surface area contributed by atoms with Gasteiger partial charge in [0.1, 0.15) is 5.54 Å². The predicted octanol–water partition coefficient (Wildman–Crippen LogP) is 6.05. The smallest absolute Gasteiger partial charge is 0.259 e. The number of carbonyl (C=O) groups is 1. The van der Waals surface area contributed by atoms with E-state index < -0.39 is 5.54 Å². The normalized spacial score (nSPS) is 19.4. The van der Waals surface area contributed by atoms with Crippen LogP contribution in [0.2, 0.25) is 0 Å². The average molecular weight is 461 g/mol. The highest BCUT2D eigenvalue weighted by Gasteiger charge is 2.50. The number of thiocarbonyl (C=S) groups is 1. The third kappa shape index (κ3) is 4.16. The number of nitrogens with zero attached hydrogens (tertiary/aromatic N) is 4. The molecule has 6 heteroatoms. The van der Waals surface area contributed by atoms with E-state index in [0.29, 0.717) is 28.4 Å². The zero-order valence-electron chi connectivity index (χ0n) is 20.1. The lowest BCUT2D eigenvalue weighted by Crippen LogP contribution is -2.44. The number of hydrogen-bond acceptors (Lipinski definition) is 3. The lowest BCUT2D eigenvalue weighted by molar-refractivity contribution is -0.120. The fourth-order valence-electron chi connectivity index (χ4n) is 5.01. The number of benzene rings is 2. The molecular formula is C27H32N4OS. The molecule has 0 bridgehead atoms. The zero-order valence-corrected chi connectivity index (χ0v) is 20.9. The van der Waals surface area contributed by atoms with E-state index in [9.17, 15) is 4.79 Å². The van der Waals surface area contributed by atoms with Gasteiger partial charge in [0, 0.05) is 17.4 Å². The summed E-state index contributed by atoms with van der Waals surface area (Å²) in [6, 6.07) is 14.6. The summed E-state index contributed by atoms with van der Waals surface area (Å²) in [5.74, 6) is 0.516. The Balaban J connectivity index is 1.57. The molecule has 1 amide bonds. The molecular weight excluding hydrogens is 428 g/mol. The van der Waals surface area contributed by atoms with Crippen LogP contribution in [-0.4, -0.2) is 40.6 Å². The van der Waals surface area contributed by atoms with Crippen LogP contribution in [0.25, 0.3) is 4.85 Å². The highest BCUT2D eigenvalue weighted by Crippen LogP contribution is 2.38. The Hall–Kier alpha value is -2.75. The standard InChI is InChI=1S/C27H32N4OS/c1-18(2)29-15-13-21(14-16-29)20-7-9-22(10-8-20)31-26(33)30(25(32)27(31,4)5)23-11-12-24(28-6)19(3)17-23/h7-12,17-18,21H,13-16H2,1-5H3. The molecule has 172 valence electrons. The maximum Gasteiger partial charge on any atom is 0.259 e. The van der Waals surface area contributed by atoms with Crippen LogP contribution in [0.15, 0.2) is 42.5 Å². The summed E-state index contributed by atoms with van der Waals surface area (Å²) in [5.41, 5.74) is 3.62. The first-order chi connectivity index (χ1) is 15.6. The summed E-state index contributed by atoms with van der Waals surface area (Å²) in [5, 5.41) is 0.470. The second-order valence-corrected chi connectivity index (χ2v) is 10.3. The van der Waals surface area contributed by atoms with Crippen molar-refractivity contribution in [1.29, 1.82) is 0 Å². The van der Waals surface area contributed by atoms with Crippen LogP contribution in [0.1, 0.15) is 57.6 Å². The quantitative estimate of drug-likeness (QED) is 0.411. The highest BCUT2D eigenvalue weighted by molar-refractivity contribution is 7.81. The monoisotopic (exact) mass is 460 g/mol. The van der Waals surface area contributed by atoms with Gasteiger partial charge in [0.15, 0.2) is 10.8 Å². The van der Waals surface area contributed by atoms with Crippen molar-refractivity contribution in [2.24, 2.45) is 0 Å². The first-order valence-corrected chi connectivity index (χ1v) is 12.1. The number of amides is 1. The zero-order chi connectivity index (χ0) is 23.9. The van der Waals surface area contributed by atoms with Crippen molar-refractivity contribution in [2.75, 3.05) is 22.9 Å². The molecule has 4 rings (SSSR count). The van der Waals surface area contributed by atoms with Gasteiger partial charge in [-0.15, -0.1) is 0 Å². The van der Waals surface area contributed by atoms with Crippen molar-refractivity contribution < 1.29 is 4.79 Å². The summed E-state index contributed by atoms with van der Waals surface area (Å²) >= 11 is 5.82. The third-order valence-electron chi connectivity index (χ3n) is 7.11. The van der Waals surface area contributed by atoms with E-state index in [-0.39, 0.29) is 5.91 Å². The highest BCUT2D eigenvalue weighted by atomic mass is 32.1. The largest absolute Gasteiger partial charge is 0.304 e. The van der Waals surface area contributed by atoms with E-state index in [1.165, 1.54) is 18.4 Å². The third-order valence-corrected chi connectivity index (χ3v) is 7.47. The van der Waals surface area contributed by atoms with Gasteiger partial charge in [-0.05, 0) is 114 Å². The number of rotatable bonds is 4. The molecule has 2 aliphatic heterocycles. The Bertz CT molecular complexity index is 1110. The van der Waals surface area contributed by atoms with Gasteiger partial charge in [0.05, 0.1) is 6.57 Å². The Morgan fingerprint density at radius 1 is 1.06 bits per heavy atom. The van der Waals surface area contributed by atoms with Crippen molar-refractivity contribution in [3.8, 4) is 0 Å². The van der Waals surface area contributed by atoms with Crippen molar-refractivity contribution in [3.63, 3.8) is 0 Å². The van der Waals surface area contributed by atoms with Crippen LogP contribution >= 0.6 is 12.2 Å². The predicted molar refractivity (Wildman–Crippen MR) is 139 cm³/mol. The molecule has 2 saturated heterocycles. The van der Waals surface area contributed by atoms with E-state index in [1.54, 1.807) is 17.0 Å². The number of carbonyl (C=O) groups excluding carboxylic acids is 1. The van der Waals surface area contributed by atoms with E-state index >= 15 is 0 Å². The minimum Gasteiger partial charge on any atom is -0.304 e. The lowest BCUT2D eigenvalue weighted by Gasteiger charge is -2.35. The Labute approximate surface area is 202 Å². The maximum atomic E-state index is 13.4. The van der Waals surface area contributed by atoms with Crippen LogP contribution in [0.5, 0.6) is 0 Å². The molecule has 0 N–H and O–H groups in total. The molecule has 0 saturated carbocycles. The van der Waals surface area contributed by atoms with Crippen LogP contribution in [0.4, 0.5) is 17.1 Å². The Morgan fingerprint density at radius 2 is 1.67 bits per heavy atom. The van der Waals surface area contributed by atoms with E-state index in [2.05, 4.69) is 47.9 Å². The van der Waals surface area contributed by atoms with Gasteiger partial charge in [0.2, 0.25) is 0 Å². The number of aryl methyl sites for hydroxylation is 1. The molecule has 0 spiro atoms. The van der Waals surface area contributed by atoms with Crippen LogP contribution in [0.3, 0.4) is 0 Å². The van der Waals surface area contributed by atoms with E-state index in [0.717, 1.165) is 24.3 Å². The molecule has 0 atom stereocenters. The van der Waals surface area contributed by atoms with Gasteiger partial charge in [-0.3, -0.25) is 9.69 Å². The van der Waals surface area contributed by atoms with Gasteiger partial charge in [0.25, 0.3) is 5.91 Å². The Kier molecular flexibility index (Phi) is 6.30. The van der Waals surface area contributed by atoms with Crippen LogP contribution in [0, 0.1) is 13.5 Å². The van der Waals surface area contributed by atoms with Crippen LogP contribution < -0.4 is 9.80 Å². The number of piperidine rings is 1. The fraction of sp³-hybridized carbons (Fsp3) is 0.444. The van der Waals surface area contributed by atoms with Gasteiger partial charge in [-0.25, -0.2) is 4.85 Å². The number of likely N-dealkylation sites (tertiary alicyclic amines) is 1. The summed E-state index contributed by atoms with van der Waals surface area (Å²) in [6.07, 6.45) is 2.36. The summed E-state index contributed by atoms with van der Waals surface area (Å²) < 4.78 is 0. The fourth-order valence-corrected chi connectivity index (χ4v) is 5.53. The number of anilines is 2. The second-order valence-electron chi connectivity index (χ2n) is 9.90. The van der Waals surface area contributed by atoms with Crippen molar-refractivity contribution >= 4 is 40.3 Å². The second kappa shape index (κ2) is 8.89. The van der Waals surface area contributed by atoms with Gasteiger partial charge in [-0.2, -0.15) is 0 Å². The molecule has 2 aromatic rings. The summed E-state index contributed by atoms with van der Waals surface area (Å²) in [6.45, 7) is 19.8. The van der Waals surface area contributed by atoms with Gasteiger partial charge >= 0.3 is 0 Å².